The Morgan fingerprint density at radius 2 is 1.76 bits per heavy atom. The van der Waals surface area contributed by atoms with Crippen LogP contribution in [0.15, 0.2) is 35.9 Å². The quantitative estimate of drug-likeness (QED) is 0.474. The van der Waals surface area contributed by atoms with E-state index in [1.807, 2.05) is 4.90 Å². The minimum Gasteiger partial charge on any atom is -0.340 e. The molecule has 3 amide bonds. The molecule has 2 bridgehead atoms. The maximum Gasteiger partial charge on any atom is 0.416 e. The maximum absolute atomic E-state index is 13.4. The average Bonchev–Trinajstić information content (AvgIpc) is 2.85. The number of halogens is 3. The third-order valence-corrected chi connectivity index (χ3v) is 9.53. The summed E-state index contributed by atoms with van der Waals surface area (Å²) < 4.78 is 38.9. The molecule has 5 aliphatic rings. The predicted octanol–water partition coefficient (Wildman–Crippen LogP) is 5.48. The van der Waals surface area contributed by atoms with Crippen molar-refractivity contribution in [2.75, 3.05) is 51.1 Å². The molecule has 9 heteroatoms. The van der Waals surface area contributed by atoms with E-state index in [0.717, 1.165) is 70.4 Å². The number of amides is 3. The number of benzene rings is 1. The van der Waals surface area contributed by atoms with Gasteiger partial charge in [0.15, 0.2) is 0 Å². The second-order valence-corrected chi connectivity index (χ2v) is 12.0. The van der Waals surface area contributed by atoms with Gasteiger partial charge in [0.1, 0.15) is 0 Å². The summed E-state index contributed by atoms with van der Waals surface area (Å²) >= 11 is 0. The van der Waals surface area contributed by atoms with E-state index in [0.29, 0.717) is 43.1 Å². The molecule has 6 rings (SSSR count). The fraction of sp³-hybridized carbons (Fsp3) is 0.655. The Balaban J connectivity index is 1.21. The molecule has 0 radical (unpaired) electrons. The lowest BCUT2D eigenvalue weighted by Gasteiger charge is -2.57. The minimum absolute atomic E-state index is 0.213. The van der Waals surface area contributed by atoms with Crippen molar-refractivity contribution in [3.63, 3.8) is 0 Å². The number of allylic oxidation sites excluding steroid dienone is 1. The Morgan fingerprint density at radius 1 is 1.08 bits per heavy atom. The van der Waals surface area contributed by atoms with E-state index < -0.39 is 11.7 Å². The fourth-order valence-electron chi connectivity index (χ4n) is 6.44. The summed E-state index contributed by atoms with van der Waals surface area (Å²) in [6.07, 6.45) is 3.23. The Hall–Kier alpha value is -2.55. The molecule has 1 heterocycles. The lowest BCUT2D eigenvalue weighted by molar-refractivity contribution is -0.140. The molecule has 1 aromatic carbocycles. The molecule has 38 heavy (non-hydrogen) atoms. The summed E-state index contributed by atoms with van der Waals surface area (Å²) in [5.41, 5.74) is 1.13. The van der Waals surface area contributed by atoms with Gasteiger partial charge in [0.05, 0.1) is 5.56 Å². The van der Waals surface area contributed by atoms with E-state index in [2.05, 4.69) is 30.1 Å². The topological polar surface area (TPSA) is 55.9 Å². The van der Waals surface area contributed by atoms with Crippen molar-refractivity contribution in [1.82, 2.24) is 14.7 Å². The van der Waals surface area contributed by atoms with E-state index in [-0.39, 0.29) is 17.4 Å². The molecule has 1 aromatic rings. The monoisotopic (exact) mass is 532 g/mol. The average molecular weight is 533 g/mol. The summed E-state index contributed by atoms with van der Waals surface area (Å²) in [6.45, 7) is 9.33. The number of rotatable bonds is 7. The second-order valence-electron chi connectivity index (χ2n) is 12.0. The molecule has 4 aliphatic carbocycles. The number of urea groups is 1. The van der Waals surface area contributed by atoms with Gasteiger partial charge in [-0.15, -0.1) is 0 Å². The zero-order chi connectivity index (χ0) is 27.1. The zero-order valence-electron chi connectivity index (χ0n) is 22.4. The van der Waals surface area contributed by atoms with Gasteiger partial charge in [0.25, 0.3) is 0 Å². The lowest BCUT2D eigenvalue weighted by Crippen LogP contribution is -2.53. The second kappa shape index (κ2) is 10.5. The van der Waals surface area contributed by atoms with Gasteiger partial charge in [0.2, 0.25) is 5.91 Å². The van der Waals surface area contributed by atoms with Gasteiger partial charge in [-0.05, 0) is 67.2 Å². The molecule has 1 saturated heterocycles. The number of nitrogens with zero attached hydrogens (tertiary/aromatic N) is 3. The number of nitrogens with one attached hydrogen (secondary N) is 1. The van der Waals surface area contributed by atoms with Crippen molar-refractivity contribution in [1.29, 1.82) is 0 Å². The van der Waals surface area contributed by atoms with Crippen LogP contribution in [0.2, 0.25) is 0 Å². The molecule has 1 aliphatic heterocycles. The molecule has 2 saturated carbocycles. The number of carbonyl (C=O) groups is 2. The first-order chi connectivity index (χ1) is 18.0. The van der Waals surface area contributed by atoms with Gasteiger partial charge in [-0.1, -0.05) is 31.9 Å². The van der Waals surface area contributed by atoms with Crippen LogP contribution in [0.25, 0.3) is 0 Å². The summed E-state index contributed by atoms with van der Waals surface area (Å²) in [5, 5.41) is 2.81. The largest absolute Gasteiger partial charge is 0.416 e. The first kappa shape index (κ1) is 27.0. The number of carbonyl (C=O) groups excluding carboxylic acids is 2. The molecule has 208 valence electrons. The Kier molecular flexibility index (Phi) is 7.50. The number of hydrogen-bond acceptors (Lipinski definition) is 3. The van der Waals surface area contributed by atoms with Crippen LogP contribution in [0.3, 0.4) is 0 Å². The summed E-state index contributed by atoms with van der Waals surface area (Å²) in [4.78, 5) is 32.0. The highest BCUT2D eigenvalue weighted by Gasteiger charge is 2.51. The van der Waals surface area contributed by atoms with Gasteiger partial charge in [-0.2, -0.15) is 13.2 Å². The van der Waals surface area contributed by atoms with Gasteiger partial charge < -0.3 is 15.1 Å². The van der Waals surface area contributed by atoms with Crippen molar-refractivity contribution in [2.24, 2.45) is 23.2 Å². The first-order valence-corrected chi connectivity index (χ1v) is 14.0. The van der Waals surface area contributed by atoms with Crippen molar-refractivity contribution in [3.8, 4) is 0 Å². The van der Waals surface area contributed by atoms with Crippen molar-refractivity contribution in [3.05, 3.63) is 41.5 Å². The van der Waals surface area contributed by atoms with Gasteiger partial charge >= 0.3 is 12.2 Å². The van der Waals surface area contributed by atoms with E-state index in [1.165, 1.54) is 17.7 Å². The highest BCUT2D eigenvalue weighted by atomic mass is 19.4. The minimum atomic E-state index is -4.41. The zero-order valence-corrected chi connectivity index (χ0v) is 22.4. The molecule has 2 atom stereocenters. The SMILES string of the molecule is CC1(C)C2CC=C(CN(CCN3CCN(C(=O)C4CCC4)CC3)C(=O)Nc3ccc(C(F)(F)F)cc3)C1C2. The summed E-state index contributed by atoms with van der Waals surface area (Å²) in [7, 11) is 0. The standard InChI is InChI=1S/C29H39F3N4O2/c1-28(2)23-7-6-21(25(28)18-23)19-36(27(38)33-24-10-8-22(9-11-24)29(30,31)32)17-14-34-12-15-35(16-13-34)26(37)20-4-3-5-20/h6,8-11,20,23,25H,3-5,7,12-19H2,1-2H3,(H,33,38). The van der Waals surface area contributed by atoms with E-state index in [9.17, 15) is 22.8 Å². The van der Waals surface area contributed by atoms with E-state index >= 15 is 0 Å². The fourth-order valence-corrected chi connectivity index (χ4v) is 6.44. The Bertz CT molecular complexity index is 1060. The van der Waals surface area contributed by atoms with Crippen LogP contribution in [-0.2, 0) is 11.0 Å². The number of hydrogen-bond donors (Lipinski definition) is 1. The maximum atomic E-state index is 13.4. The molecule has 0 spiro atoms. The van der Waals surface area contributed by atoms with Crippen LogP contribution < -0.4 is 5.32 Å². The van der Waals surface area contributed by atoms with Crippen LogP contribution in [0.1, 0.15) is 51.5 Å². The van der Waals surface area contributed by atoms with Crippen LogP contribution in [0, 0.1) is 23.2 Å². The molecule has 3 fully saturated rings. The predicted molar refractivity (Wildman–Crippen MR) is 140 cm³/mol. The summed E-state index contributed by atoms with van der Waals surface area (Å²) in [5.74, 6) is 1.66. The number of alkyl halides is 3. The Labute approximate surface area is 223 Å². The van der Waals surface area contributed by atoms with Crippen LogP contribution in [-0.4, -0.2) is 72.5 Å². The lowest BCUT2D eigenvalue weighted by atomic mass is 9.49. The van der Waals surface area contributed by atoms with Gasteiger partial charge in [-0.25, -0.2) is 4.79 Å². The third kappa shape index (κ3) is 5.58. The number of anilines is 1. The number of piperazine rings is 1. The first-order valence-electron chi connectivity index (χ1n) is 14.0. The molecule has 1 N–H and O–H groups in total. The molecule has 2 unspecified atom stereocenters. The van der Waals surface area contributed by atoms with Crippen molar-refractivity contribution >= 4 is 17.6 Å². The van der Waals surface area contributed by atoms with Crippen LogP contribution >= 0.6 is 0 Å². The van der Waals surface area contributed by atoms with E-state index in [1.54, 1.807) is 4.90 Å². The molecular formula is C29H39F3N4O2. The van der Waals surface area contributed by atoms with Crippen molar-refractivity contribution in [2.45, 2.75) is 52.1 Å². The molecule has 6 nitrogen and oxygen atoms in total. The normalized spacial score (nSPS) is 25.2. The van der Waals surface area contributed by atoms with Crippen LogP contribution in [0.4, 0.5) is 23.7 Å². The highest BCUT2D eigenvalue weighted by molar-refractivity contribution is 5.89. The van der Waals surface area contributed by atoms with Gasteiger partial charge in [0, 0.05) is 57.4 Å². The smallest absolute Gasteiger partial charge is 0.340 e. The molecule has 0 aromatic heterocycles. The highest BCUT2D eigenvalue weighted by Crippen LogP contribution is 2.59. The third-order valence-electron chi connectivity index (χ3n) is 9.53. The number of fused-ring (bicyclic) bond motifs is 1. The Morgan fingerprint density at radius 3 is 2.32 bits per heavy atom. The van der Waals surface area contributed by atoms with Crippen LogP contribution in [0.5, 0.6) is 0 Å². The summed E-state index contributed by atoms with van der Waals surface area (Å²) in [6, 6.07) is 4.28. The van der Waals surface area contributed by atoms with Crippen molar-refractivity contribution < 1.29 is 22.8 Å². The van der Waals surface area contributed by atoms with Gasteiger partial charge in [-0.3, -0.25) is 9.69 Å². The van der Waals surface area contributed by atoms with E-state index in [4.69, 9.17) is 0 Å². The molecular weight excluding hydrogens is 493 g/mol.